The van der Waals surface area contributed by atoms with E-state index in [0.29, 0.717) is 0 Å². The third-order valence-electron chi connectivity index (χ3n) is 3.17. The Bertz CT molecular complexity index is 812. The van der Waals surface area contributed by atoms with Gasteiger partial charge in [0.2, 0.25) is 0 Å². The molecule has 1 N–H and O–H groups in total. The van der Waals surface area contributed by atoms with Gasteiger partial charge in [-0.2, -0.15) is 0 Å². The van der Waals surface area contributed by atoms with Crippen LogP contribution in [0.1, 0.15) is 27.6 Å². The largest absolute Gasteiger partial charge is 0.460 e. The average molecular weight is 364 g/mol. The summed E-state index contributed by atoms with van der Waals surface area (Å²) in [5, 5.41) is 13.6. The third kappa shape index (κ3) is 4.74. The molecule has 9 heteroatoms. The molecule has 8 nitrogen and oxygen atoms in total. The highest BCUT2D eigenvalue weighted by Gasteiger charge is 2.21. The molecule has 1 aromatic heterocycles. The predicted molar refractivity (Wildman–Crippen MR) is 89.6 cm³/mol. The van der Waals surface area contributed by atoms with Crippen molar-refractivity contribution >= 4 is 29.2 Å². The number of nitro benzene ring substituents is 1. The van der Waals surface area contributed by atoms with E-state index in [1.807, 2.05) is 0 Å². The number of ether oxygens (including phenoxy) is 1. The number of amides is 1. The van der Waals surface area contributed by atoms with Crippen molar-refractivity contribution < 1.29 is 19.2 Å². The highest BCUT2D eigenvalue weighted by molar-refractivity contribution is 6.32. The third-order valence-corrected chi connectivity index (χ3v) is 3.47. The molecule has 0 fully saturated rings. The monoisotopic (exact) mass is 363 g/mol. The molecule has 1 atom stereocenters. The van der Waals surface area contributed by atoms with Crippen molar-refractivity contribution in [3.8, 4) is 0 Å². The molecule has 0 aliphatic rings. The molecule has 1 aromatic carbocycles. The number of para-hydroxylation sites is 1. The number of carbonyl (C=O) groups is 2. The van der Waals surface area contributed by atoms with Gasteiger partial charge in [-0.3, -0.25) is 14.9 Å². The van der Waals surface area contributed by atoms with E-state index in [9.17, 15) is 19.7 Å². The lowest BCUT2D eigenvalue weighted by molar-refractivity contribution is -0.385. The molecule has 0 aliphatic heterocycles. The number of hydrogen-bond acceptors (Lipinski definition) is 6. The van der Waals surface area contributed by atoms with Crippen molar-refractivity contribution in [3.63, 3.8) is 0 Å². The van der Waals surface area contributed by atoms with E-state index in [1.54, 1.807) is 13.0 Å². The van der Waals surface area contributed by atoms with Crippen molar-refractivity contribution in [1.29, 1.82) is 0 Å². The molecule has 0 saturated heterocycles. The van der Waals surface area contributed by atoms with E-state index in [0.717, 1.165) is 0 Å². The topological polar surface area (TPSA) is 111 Å². The zero-order chi connectivity index (χ0) is 18.4. The van der Waals surface area contributed by atoms with E-state index >= 15 is 0 Å². The number of aromatic nitrogens is 1. The van der Waals surface area contributed by atoms with E-state index in [2.05, 4.69) is 10.3 Å². The number of nitro groups is 1. The fourth-order valence-electron chi connectivity index (χ4n) is 1.98. The fourth-order valence-corrected chi connectivity index (χ4v) is 2.19. The maximum Gasteiger partial charge on any atom is 0.345 e. The van der Waals surface area contributed by atoms with Gasteiger partial charge in [-0.25, -0.2) is 9.78 Å². The van der Waals surface area contributed by atoms with Crippen LogP contribution in [0.4, 0.5) is 5.69 Å². The molecule has 130 valence electrons. The van der Waals surface area contributed by atoms with Crippen molar-refractivity contribution in [2.45, 2.75) is 13.0 Å². The Morgan fingerprint density at radius 3 is 2.64 bits per heavy atom. The first-order chi connectivity index (χ1) is 11.9. The van der Waals surface area contributed by atoms with Crippen LogP contribution >= 0.6 is 11.6 Å². The van der Waals surface area contributed by atoms with Gasteiger partial charge < -0.3 is 10.1 Å². The highest BCUT2D eigenvalue weighted by Crippen LogP contribution is 2.18. The zero-order valence-electron chi connectivity index (χ0n) is 13.1. The first kappa shape index (κ1) is 18.3. The molecule has 0 aliphatic carbocycles. The summed E-state index contributed by atoms with van der Waals surface area (Å²) < 4.78 is 5.04. The number of halogens is 1. The molecule has 1 heterocycles. The number of nitrogens with zero attached hydrogens (tertiary/aromatic N) is 2. The molecular weight excluding hydrogens is 350 g/mol. The van der Waals surface area contributed by atoms with Crippen LogP contribution in [0.15, 0.2) is 42.6 Å². The summed E-state index contributed by atoms with van der Waals surface area (Å²) in [5.41, 5.74) is -0.297. The highest BCUT2D eigenvalue weighted by atomic mass is 35.5. The van der Waals surface area contributed by atoms with Gasteiger partial charge in [-0.1, -0.05) is 23.7 Å². The smallest absolute Gasteiger partial charge is 0.345 e. The Labute approximate surface area is 147 Å². The SMILES string of the molecule is C[C@@H](COC(=O)c1ccccc1[N+](=O)[O-])NC(=O)c1cccnc1Cl. The van der Waals surface area contributed by atoms with Crippen LogP contribution in [-0.4, -0.2) is 34.4 Å². The van der Waals surface area contributed by atoms with Gasteiger partial charge >= 0.3 is 5.97 Å². The van der Waals surface area contributed by atoms with Crippen LogP contribution < -0.4 is 5.32 Å². The van der Waals surface area contributed by atoms with E-state index in [1.165, 1.54) is 36.5 Å². The normalized spacial score (nSPS) is 11.4. The molecule has 0 spiro atoms. The number of rotatable bonds is 6. The van der Waals surface area contributed by atoms with Gasteiger partial charge in [0.05, 0.1) is 16.5 Å². The molecule has 2 rings (SSSR count). The van der Waals surface area contributed by atoms with Crippen LogP contribution in [0.5, 0.6) is 0 Å². The van der Waals surface area contributed by atoms with Crippen LogP contribution in [0.2, 0.25) is 5.15 Å². The Morgan fingerprint density at radius 1 is 1.28 bits per heavy atom. The molecule has 0 radical (unpaired) electrons. The first-order valence-corrected chi connectivity index (χ1v) is 7.60. The Morgan fingerprint density at radius 2 is 1.96 bits per heavy atom. The minimum Gasteiger partial charge on any atom is -0.460 e. The Hall–Kier alpha value is -3.00. The molecular formula is C16H14ClN3O5. The van der Waals surface area contributed by atoms with Crippen molar-refractivity contribution in [1.82, 2.24) is 10.3 Å². The molecule has 2 aromatic rings. The molecule has 0 saturated carbocycles. The summed E-state index contributed by atoms with van der Waals surface area (Å²) in [5.74, 6) is -1.31. The van der Waals surface area contributed by atoms with Crippen molar-refractivity contribution in [3.05, 3.63) is 69.0 Å². The van der Waals surface area contributed by atoms with Crippen LogP contribution in [0.3, 0.4) is 0 Å². The van der Waals surface area contributed by atoms with Gasteiger partial charge in [0.25, 0.3) is 11.6 Å². The number of hydrogen-bond donors (Lipinski definition) is 1. The number of nitrogens with one attached hydrogen (secondary N) is 1. The summed E-state index contributed by atoms with van der Waals surface area (Å²) in [7, 11) is 0. The lowest BCUT2D eigenvalue weighted by atomic mass is 10.2. The minimum absolute atomic E-state index is 0.0594. The van der Waals surface area contributed by atoms with Crippen molar-refractivity contribution in [2.75, 3.05) is 6.61 Å². The average Bonchev–Trinajstić information content (AvgIpc) is 2.59. The van der Waals surface area contributed by atoms with Gasteiger partial charge in [0.15, 0.2) is 0 Å². The second-order valence-electron chi connectivity index (χ2n) is 5.09. The second-order valence-corrected chi connectivity index (χ2v) is 5.45. The molecule has 25 heavy (non-hydrogen) atoms. The van der Waals surface area contributed by atoms with E-state index in [4.69, 9.17) is 16.3 Å². The van der Waals surface area contributed by atoms with Crippen LogP contribution in [0, 0.1) is 10.1 Å². The van der Waals surface area contributed by atoms with Gasteiger partial charge in [-0.15, -0.1) is 0 Å². The Balaban J connectivity index is 1.95. The summed E-state index contributed by atoms with van der Waals surface area (Å²) >= 11 is 5.84. The first-order valence-electron chi connectivity index (χ1n) is 7.22. The predicted octanol–water partition coefficient (Wildman–Crippen LogP) is 2.62. The lowest BCUT2D eigenvalue weighted by Crippen LogP contribution is -2.36. The van der Waals surface area contributed by atoms with Crippen LogP contribution in [-0.2, 0) is 4.74 Å². The van der Waals surface area contributed by atoms with Crippen molar-refractivity contribution in [2.24, 2.45) is 0 Å². The molecule has 1 amide bonds. The Kier molecular flexibility index (Phi) is 6.02. The number of pyridine rings is 1. The van der Waals surface area contributed by atoms with Crippen LogP contribution in [0.25, 0.3) is 0 Å². The molecule has 0 unspecified atom stereocenters. The summed E-state index contributed by atoms with van der Waals surface area (Å²) in [6, 6.07) is 8.02. The maximum atomic E-state index is 12.1. The van der Waals surface area contributed by atoms with E-state index < -0.39 is 22.8 Å². The number of esters is 1. The minimum atomic E-state index is -0.840. The summed E-state index contributed by atoms with van der Waals surface area (Å²) in [6.07, 6.45) is 1.46. The standard InChI is InChI=1S/C16H14ClN3O5/c1-10(19-15(21)12-6-4-8-18-14(12)17)9-25-16(22)11-5-2-3-7-13(11)20(23)24/h2-8,10H,9H2,1H3,(H,19,21)/t10-/m0/s1. The van der Waals surface area contributed by atoms with Gasteiger partial charge in [-0.05, 0) is 25.1 Å². The maximum absolute atomic E-state index is 12.1. The fraction of sp³-hybridized carbons (Fsp3) is 0.188. The van der Waals surface area contributed by atoms with Gasteiger partial charge in [0.1, 0.15) is 17.3 Å². The zero-order valence-corrected chi connectivity index (χ0v) is 13.9. The summed E-state index contributed by atoms with van der Waals surface area (Å²) in [4.78, 5) is 38.1. The summed E-state index contributed by atoms with van der Waals surface area (Å²) in [6.45, 7) is 1.46. The number of carbonyl (C=O) groups excluding carboxylic acids is 2. The quantitative estimate of drug-likeness (QED) is 0.365. The lowest BCUT2D eigenvalue weighted by Gasteiger charge is -2.14. The number of benzene rings is 1. The van der Waals surface area contributed by atoms with Gasteiger partial charge in [0, 0.05) is 12.3 Å². The van der Waals surface area contributed by atoms with E-state index in [-0.39, 0.29) is 28.6 Å². The second kappa shape index (κ2) is 8.20. The molecule has 0 bridgehead atoms.